The molecule has 1 N–H and O–H groups in total. The lowest BCUT2D eigenvalue weighted by Gasteiger charge is -2.30. The van der Waals surface area contributed by atoms with E-state index in [1.165, 1.54) is 19.3 Å². The maximum absolute atomic E-state index is 10.7. The van der Waals surface area contributed by atoms with Crippen molar-refractivity contribution in [1.29, 1.82) is 0 Å². The van der Waals surface area contributed by atoms with Crippen LogP contribution in [0.2, 0.25) is 0 Å². The van der Waals surface area contributed by atoms with Gasteiger partial charge in [-0.25, -0.2) is 0 Å². The molecule has 2 rings (SSSR count). The molecule has 2 aliphatic rings. The van der Waals surface area contributed by atoms with Crippen LogP contribution >= 0.6 is 0 Å². The van der Waals surface area contributed by atoms with Crippen LogP contribution in [-0.4, -0.2) is 59.1 Å². The van der Waals surface area contributed by atoms with Gasteiger partial charge >= 0.3 is 5.97 Å². The van der Waals surface area contributed by atoms with Gasteiger partial charge in [-0.3, -0.25) is 9.69 Å². The van der Waals surface area contributed by atoms with Crippen molar-refractivity contribution in [2.24, 2.45) is 0 Å². The number of hydrogen-bond acceptors (Lipinski definition) is 3. The van der Waals surface area contributed by atoms with Crippen LogP contribution in [-0.2, 0) is 4.79 Å². The van der Waals surface area contributed by atoms with Gasteiger partial charge in [0.05, 0.1) is 0 Å². The molecule has 1 saturated heterocycles. The van der Waals surface area contributed by atoms with Crippen LogP contribution in [0, 0.1) is 0 Å². The molecular weight excluding hydrogens is 216 g/mol. The van der Waals surface area contributed by atoms with Crippen molar-refractivity contribution >= 4 is 5.97 Å². The van der Waals surface area contributed by atoms with Crippen LogP contribution in [0.3, 0.4) is 0 Å². The summed E-state index contributed by atoms with van der Waals surface area (Å²) in [5, 5.41) is 8.81. The highest BCUT2D eigenvalue weighted by atomic mass is 16.4. The third kappa shape index (κ3) is 3.42. The van der Waals surface area contributed by atoms with E-state index in [0.717, 1.165) is 25.6 Å². The summed E-state index contributed by atoms with van der Waals surface area (Å²) in [5.41, 5.74) is 0. The van der Waals surface area contributed by atoms with Gasteiger partial charge in [-0.2, -0.15) is 0 Å². The highest BCUT2D eigenvalue weighted by molar-refractivity contribution is 5.66. The van der Waals surface area contributed by atoms with E-state index in [4.69, 9.17) is 5.11 Å². The summed E-state index contributed by atoms with van der Waals surface area (Å²) < 4.78 is 0. The first-order valence-electron chi connectivity index (χ1n) is 6.75. The fourth-order valence-corrected chi connectivity index (χ4v) is 2.82. The molecule has 98 valence electrons. The van der Waals surface area contributed by atoms with Crippen molar-refractivity contribution in [3.63, 3.8) is 0 Å². The summed E-state index contributed by atoms with van der Waals surface area (Å²) in [7, 11) is 2.13. The van der Waals surface area contributed by atoms with Crippen LogP contribution in [0.5, 0.6) is 0 Å². The van der Waals surface area contributed by atoms with Gasteiger partial charge in [0.1, 0.15) is 0 Å². The van der Waals surface area contributed by atoms with E-state index in [0.29, 0.717) is 18.5 Å². The molecule has 0 aromatic heterocycles. The molecule has 4 heteroatoms. The van der Waals surface area contributed by atoms with Gasteiger partial charge in [0, 0.05) is 31.1 Å². The monoisotopic (exact) mass is 240 g/mol. The minimum atomic E-state index is -0.673. The summed E-state index contributed by atoms with van der Waals surface area (Å²) in [4.78, 5) is 15.7. The molecule has 2 fully saturated rings. The molecule has 0 radical (unpaired) electrons. The molecule has 1 aliphatic heterocycles. The largest absolute Gasteiger partial charge is 0.481 e. The number of carbonyl (C=O) groups is 1. The highest BCUT2D eigenvalue weighted by Gasteiger charge is 2.36. The van der Waals surface area contributed by atoms with E-state index in [-0.39, 0.29) is 0 Å². The fraction of sp³-hybridized carbons (Fsp3) is 0.923. The summed E-state index contributed by atoms with van der Waals surface area (Å²) in [5.74, 6) is -0.673. The summed E-state index contributed by atoms with van der Waals surface area (Å²) in [6.45, 7) is 4.45. The molecule has 0 aromatic carbocycles. The molecule has 0 spiro atoms. The second-order valence-electron chi connectivity index (χ2n) is 5.63. The molecule has 1 aliphatic carbocycles. The average molecular weight is 240 g/mol. The van der Waals surface area contributed by atoms with Crippen LogP contribution in [0.1, 0.15) is 39.0 Å². The minimum Gasteiger partial charge on any atom is -0.481 e. The van der Waals surface area contributed by atoms with E-state index in [9.17, 15) is 4.79 Å². The molecular formula is C13H24N2O2. The van der Waals surface area contributed by atoms with Crippen LogP contribution in [0.4, 0.5) is 0 Å². The number of rotatable bonds is 4. The zero-order valence-corrected chi connectivity index (χ0v) is 10.9. The third-order valence-electron chi connectivity index (χ3n) is 4.22. The minimum absolute atomic E-state index is 0.294. The Labute approximate surface area is 104 Å². The van der Waals surface area contributed by atoms with Crippen LogP contribution < -0.4 is 0 Å². The van der Waals surface area contributed by atoms with Crippen molar-refractivity contribution in [3.8, 4) is 0 Å². The normalized spacial score (nSPS) is 32.4. The van der Waals surface area contributed by atoms with E-state index in [1.807, 2.05) is 0 Å². The Hall–Kier alpha value is -0.610. The van der Waals surface area contributed by atoms with E-state index in [2.05, 4.69) is 23.8 Å². The first-order valence-corrected chi connectivity index (χ1v) is 6.75. The number of carboxylic acids is 1. The second-order valence-corrected chi connectivity index (χ2v) is 5.63. The van der Waals surface area contributed by atoms with Gasteiger partial charge < -0.3 is 10.0 Å². The standard InChI is InChI=1S/C13H24N2O2/c1-10-7-8-14(2)12(5-6-13(16)17)9-15(10)11-3-4-11/h10-12H,3-9H2,1-2H3,(H,16,17). The second kappa shape index (κ2) is 5.36. The zero-order valence-electron chi connectivity index (χ0n) is 10.9. The van der Waals surface area contributed by atoms with Gasteiger partial charge in [-0.1, -0.05) is 0 Å². The first kappa shape index (κ1) is 12.8. The predicted molar refractivity (Wildman–Crippen MR) is 67.1 cm³/mol. The summed E-state index contributed by atoms with van der Waals surface area (Å²) >= 11 is 0. The Morgan fingerprint density at radius 2 is 2.06 bits per heavy atom. The van der Waals surface area contributed by atoms with Crippen molar-refractivity contribution in [2.45, 2.75) is 57.2 Å². The Bertz CT molecular complexity index is 279. The Kier molecular flexibility index (Phi) is 4.05. The lowest BCUT2D eigenvalue weighted by molar-refractivity contribution is -0.137. The van der Waals surface area contributed by atoms with Crippen molar-refractivity contribution in [3.05, 3.63) is 0 Å². The Morgan fingerprint density at radius 1 is 1.35 bits per heavy atom. The molecule has 0 bridgehead atoms. The Balaban J connectivity index is 1.94. The summed E-state index contributed by atoms with van der Waals surface area (Å²) in [6.07, 6.45) is 4.94. The van der Waals surface area contributed by atoms with Crippen LogP contribution in [0.15, 0.2) is 0 Å². The SMILES string of the molecule is CC1CCN(C)C(CCC(=O)O)CN1C1CC1. The smallest absolute Gasteiger partial charge is 0.303 e. The lowest BCUT2D eigenvalue weighted by Crippen LogP contribution is -2.42. The number of hydrogen-bond donors (Lipinski definition) is 1. The average Bonchev–Trinajstić information content (AvgIpc) is 3.08. The molecule has 2 atom stereocenters. The van der Waals surface area contributed by atoms with E-state index in [1.54, 1.807) is 0 Å². The molecule has 2 unspecified atom stereocenters. The van der Waals surface area contributed by atoms with E-state index < -0.39 is 5.97 Å². The molecule has 0 aromatic rings. The highest BCUT2D eigenvalue weighted by Crippen LogP contribution is 2.31. The molecule has 17 heavy (non-hydrogen) atoms. The molecule has 4 nitrogen and oxygen atoms in total. The zero-order chi connectivity index (χ0) is 12.4. The van der Waals surface area contributed by atoms with Crippen molar-refractivity contribution < 1.29 is 9.90 Å². The quantitative estimate of drug-likeness (QED) is 0.807. The fourth-order valence-electron chi connectivity index (χ4n) is 2.82. The number of likely N-dealkylation sites (N-methyl/N-ethyl adjacent to an activating group) is 1. The lowest BCUT2D eigenvalue weighted by atomic mass is 10.1. The maximum Gasteiger partial charge on any atom is 0.303 e. The summed E-state index contributed by atoms with van der Waals surface area (Å²) in [6, 6.07) is 1.85. The molecule has 0 amide bonds. The van der Waals surface area contributed by atoms with Gasteiger partial charge in [0.15, 0.2) is 0 Å². The predicted octanol–water partition coefficient (Wildman–Crippen LogP) is 1.41. The van der Waals surface area contributed by atoms with Gasteiger partial charge in [-0.05, 0) is 46.2 Å². The maximum atomic E-state index is 10.7. The van der Waals surface area contributed by atoms with E-state index >= 15 is 0 Å². The molecule has 1 saturated carbocycles. The Morgan fingerprint density at radius 3 is 2.65 bits per heavy atom. The number of carboxylic acid groups (broad SMARTS) is 1. The van der Waals surface area contributed by atoms with Gasteiger partial charge in [0.2, 0.25) is 0 Å². The topological polar surface area (TPSA) is 43.8 Å². The number of nitrogens with zero attached hydrogens (tertiary/aromatic N) is 2. The van der Waals surface area contributed by atoms with Crippen LogP contribution in [0.25, 0.3) is 0 Å². The van der Waals surface area contributed by atoms with Gasteiger partial charge in [0.25, 0.3) is 0 Å². The number of aliphatic carboxylic acids is 1. The molecule has 1 heterocycles. The first-order chi connectivity index (χ1) is 8.08. The third-order valence-corrected chi connectivity index (χ3v) is 4.22. The van der Waals surface area contributed by atoms with Crippen molar-refractivity contribution in [2.75, 3.05) is 20.1 Å². The van der Waals surface area contributed by atoms with Gasteiger partial charge in [-0.15, -0.1) is 0 Å². The van der Waals surface area contributed by atoms with Crippen molar-refractivity contribution in [1.82, 2.24) is 9.80 Å².